The van der Waals surface area contributed by atoms with E-state index in [1.807, 2.05) is 24.3 Å². The summed E-state index contributed by atoms with van der Waals surface area (Å²) in [5.74, 6) is -1.41. The van der Waals surface area contributed by atoms with Gasteiger partial charge in [-0.15, -0.1) is 0 Å². The van der Waals surface area contributed by atoms with E-state index >= 15 is 0 Å². The zero-order valence-electron chi connectivity index (χ0n) is 19.1. The Balaban J connectivity index is 1.69. The number of aromatic nitrogens is 1. The largest absolute Gasteiger partial charge is 0.478 e. The second-order valence-corrected chi connectivity index (χ2v) is 8.40. The second-order valence-electron chi connectivity index (χ2n) is 8.40. The summed E-state index contributed by atoms with van der Waals surface area (Å²) in [6, 6.07) is 18.3. The fraction of sp³-hybridized carbons (Fsp3) is 0.185. The molecule has 0 radical (unpaired) electrons. The number of amides is 1. The van der Waals surface area contributed by atoms with Crippen LogP contribution in [0, 0.1) is 0 Å². The fourth-order valence-electron chi connectivity index (χ4n) is 4.26. The van der Waals surface area contributed by atoms with Gasteiger partial charge in [0.1, 0.15) is 5.69 Å². The van der Waals surface area contributed by atoms with Crippen molar-refractivity contribution in [1.82, 2.24) is 9.88 Å². The van der Waals surface area contributed by atoms with Crippen molar-refractivity contribution in [3.05, 3.63) is 106 Å². The van der Waals surface area contributed by atoms with Crippen LogP contribution in [0.25, 0.3) is 10.9 Å². The number of carboxylic acid groups (broad SMARTS) is 1. The fourth-order valence-corrected chi connectivity index (χ4v) is 4.26. The van der Waals surface area contributed by atoms with Gasteiger partial charge >= 0.3 is 12.1 Å². The third-order valence-electron chi connectivity index (χ3n) is 6.07. The minimum atomic E-state index is -4.46. The van der Waals surface area contributed by atoms with Crippen molar-refractivity contribution in [2.24, 2.45) is 7.05 Å². The number of fused-ring (bicyclic) bond motifs is 1. The first-order valence-electron chi connectivity index (χ1n) is 10.9. The molecule has 3 aromatic carbocycles. The molecule has 0 saturated carbocycles. The van der Waals surface area contributed by atoms with Crippen LogP contribution in [0.15, 0.2) is 72.8 Å². The van der Waals surface area contributed by atoms with E-state index in [0.29, 0.717) is 16.8 Å². The lowest BCUT2D eigenvalue weighted by Gasteiger charge is -2.16. The molecule has 0 spiro atoms. The molecule has 4 rings (SSSR count). The molecular weight excluding hydrogens is 457 g/mol. The van der Waals surface area contributed by atoms with Crippen LogP contribution in [0.4, 0.5) is 13.2 Å². The van der Waals surface area contributed by atoms with Gasteiger partial charge in [0.15, 0.2) is 0 Å². The number of nitrogens with one attached hydrogen (secondary N) is 1. The predicted molar refractivity (Wildman–Crippen MR) is 126 cm³/mol. The number of carbonyl (C=O) groups excluding carboxylic acids is 1. The van der Waals surface area contributed by atoms with Gasteiger partial charge in [-0.25, -0.2) is 4.79 Å². The van der Waals surface area contributed by atoms with Crippen LogP contribution in [0.2, 0.25) is 0 Å². The van der Waals surface area contributed by atoms with Crippen molar-refractivity contribution in [2.75, 3.05) is 0 Å². The highest BCUT2D eigenvalue weighted by atomic mass is 19.4. The van der Waals surface area contributed by atoms with Crippen molar-refractivity contribution in [2.45, 2.75) is 25.6 Å². The van der Waals surface area contributed by atoms with Gasteiger partial charge in [-0.05, 0) is 47.9 Å². The van der Waals surface area contributed by atoms with Crippen LogP contribution in [0.5, 0.6) is 0 Å². The van der Waals surface area contributed by atoms with Crippen molar-refractivity contribution in [3.63, 3.8) is 0 Å². The third kappa shape index (κ3) is 4.91. The summed E-state index contributed by atoms with van der Waals surface area (Å²) < 4.78 is 41.5. The lowest BCUT2D eigenvalue weighted by molar-refractivity contribution is -0.137. The molecule has 35 heavy (non-hydrogen) atoms. The quantitative estimate of drug-likeness (QED) is 0.357. The molecule has 8 heteroatoms. The number of nitrogens with zero attached hydrogens (tertiary/aromatic N) is 1. The van der Waals surface area contributed by atoms with Crippen LogP contribution >= 0.6 is 0 Å². The Hall–Kier alpha value is -4.07. The van der Waals surface area contributed by atoms with Gasteiger partial charge in [0.05, 0.1) is 17.2 Å². The van der Waals surface area contributed by atoms with E-state index in [2.05, 4.69) is 5.32 Å². The SMILES string of the molecule is CC(NC(=O)c1c(Cc2cccc(C(F)(F)F)c2)c2ccccc2n1C)c1ccc(C(=O)O)cc1. The highest BCUT2D eigenvalue weighted by molar-refractivity contribution is 6.02. The van der Waals surface area contributed by atoms with Gasteiger partial charge in [0, 0.05) is 24.4 Å². The van der Waals surface area contributed by atoms with E-state index in [-0.39, 0.29) is 17.9 Å². The maximum atomic E-state index is 13.4. The van der Waals surface area contributed by atoms with Crippen LogP contribution in [0.3, 0.4) is 0 Å². The van der Waals surface area contributed by atoms with E-state index in [1.165, 1.54) is 18.2 Å². The van der Waals surface area contributed by atoms with Crippen LogP contribution < -0.4 is 5.32 Å². The number of carbonyl (C=O) groups is 2. The van der Waals surface area contributed by atoms with Crippen LogP contribution in [0.1, 0.15) is 56.1 Å². The Morgan fingerprint density at radius 1 is 1.00 bits per heavy atom. The lowest BCUT2D eigenvalue weighted by Crippen LogP contribution is -2.29. The first-order valence-corrected chi connectivity index (χ1v) is 10.9. The van der Waals surface area contributed by atoms with Gasteiger partial charge < -0.3 is 15.0 Å². The molecule has 1 amide bonds. The molecule has 1 unspecified atom stereocenters. The predicted octanol–water partition coefficient (Wildman–Crippen LogP) is 5.98. The molecule has 2 N–H and O–H groups in total. The Labute approximate surface area is 199 Å². The second kappa shape index (κ2) is 9.29. The molecule has 0 saturated heterocycles. The molecule has 4 aromatic rings. The molecule has 5 nitrogen and oxygen atoms in total. The molecule has 1 heterocycles. The van der Waals surface area contributed by atoms with E-state index in [1.54, 1.807) is 36.7 Å². The Morgan fingerprint density at radius 2 is 1.69 bits per heavy atom. The van der Waals surface area contributed by atoms with Gasteiger partial charge in [-0.2, -0.15) is 13.2 Å². The van der Waals surface area contributed by atoms with Crippen molar-refractivity contribution in [3.8, 4) is 0 Å². The molecule has 0 aliphatic heterocycles. The first-order chi connectivity index (χ1) is 16.6. The van der Waals surface area contributed by atoms with E-state index in [0.717, 1.165) is 28.6 Å². The molecule has 0 fully saturated rings. The summed E-state index contributed by atoms with van der Waals surface area (Å²) in [6.45, 7) is 1.78. The Bertz CT molecular complexity index is 1410. The maximum Gasteiger partial charge on any atom is 0.416 e. The summed E-state index contributed by atoms with van der Waals surface area (Å²) >= 11 is 0. The average Bonchev–Trinajstić information content (AvgIpc) is 3.10. The molecule has 0 bridgehead atoms. The first kappa shape index (κ1) is 24.1. The third-order valence-corrected chi connectivity index (χ3v) is 6.07. The number of carboxylic acids is 1. The highest BCUT2D eigenvalue weighted by Crippen LogP contribution is 2.32. The van der Waals surface area contributed by atoms with Gasteiger partial charge in [0.2, 0.25) is 0 Å². The number of para-hydroxylation sites is 1. The molecular formula is C27H23F3N2O3. The van der Waals surface area contributed by atoms with Crippen LogP contribution in [-0.2, 0) is 19.6 Å². The van der Waals surface area contributed by atoms with Crippen molar-refractivity contribution >= 4 is 22.8 Å². The van der Waals surface area contributed by atoms with Gasteiger partial charge in [-0.1, -0.05) is 48.5 Å². The number of alkyl halides is 3. The van der Waals surface area contributed by atoms with Crippen LogP contribution in [-0.4, -0.2) is 21.6 Å². The minimum absolute atomic E-state index is 0.143. The lowest BCUT2D eigenvalue weighted by atomic mass is 9.99. The number of halogens is 3. The zero-order chi connectivity index (χ0) is 25.3. The maximum absolute atomic E-state index is 13.4. The summed E-state index contributed by atoms with van der Waals surface area (Å²) in [5.41, 5.74) is 2.36. The number of hydrogen-bond donors (Lipinski definition) is 2. The standard InChI is InChI=1S/C27H23F3N2O3/c1-16(18-10-12-19(13-11-18)26(34)35)31-25(33)24-22(21-8-3-4-9-23(21)32(24)2)15-17-6-5-7-20(14-17)27(28,29)30/h3-14,16H,15H2,1-2H3,(H,31,33)(H,34,35). The number of aromatic carboxylic acids is 1. The summed E-state index contributed by atoms with van der Waals surface area (Å²) in [6.07, 6.45) is -4.31. The Morgan fingerprint density at radius 3 is 2.34 bits per heavy atom. The smallest absolute Gasteiger partial charge is 0.416 e. The molecule has 180 valence electrons. The normalized spacial score (nSPS) is 12.5. The van der Waals surface area contributed by atoms with E-state index in [9.17, 15) is 22.8 Å². The zero-order valence-corrected chi connectivity index (χ0v) is 19.1. The van der Waals surface area contributed by atoms with Gasteiger partial charge in [-0.3, -0.25) is 4.79 Å². The summed E-state index contributed by atoms with van der Waals surface area (Å²) in [4.78, 5) is 24.5. The van der Waals surface area contributed by atoms with Crippen molar-refractivity contribution < 1.29 is 27.9 Å². The topological polar surface area (TPSA) is 71.3 Å². The Kier molecular flexibility index (Phi) is 6.39. The summed E-state index contributed by atoms with van der Waals surface area (Å²) in [5, 5.41) is 12.8. The number of benzene rings is 3. The minimum Gasteiger partial charge on any atom is -0.478 e. The van der Waals surface area contributed by atoms with Gasteiger partial charge in [0.25, 0.3) is 5.91 Å². The average molecular weight is 480 g/mol. The number of hydrogen-bond acceptors (Lipinski definition) is 2. The van der Waals surface area contributed by atoms with Crippen molar-refractivity contribution in [1.29, 1.82) is 0 Å². The molecule has 1 aromatic heterocycles. The molecule has 0 aliphatic rings. The monoisotopic (exact) mass is 480 g/mol. The molecule has 0 aliphatic carbocycles. The number of rotatable bonds is 6. The van der Waals surface area contributed by atoms with E-state index in [4.69, 9.17) is 5.11 Å². The number of aryl methyl sites for hydroxylation is 1. The van der Waals surface area contributed by atoms with E-state index < -0.39 is 23.8 Å². The molecule has 1 atom stereocenters. The summed E-state index contributed by atoms with van der Waals surface area (Å²) in [7, 11) is 1.75. The highest BCUT2D eigenvalue weighted by Gasteiger charge is 2.30.